The SMILES string of the molecule is CCOc1cccc(C(=O)N2C[C@H](O)[C@@]3(C2)[C@H](CO)[C@H]3c2ccccc2)c1. The summed E-state index contributed by atoms with van der Waals surface area (Å²) in [4.78, 5) is 14.7. The molecular weight excluding hydrogens is 342 g/mol. The first-order valence-corrected chi connectivity index (χ1v) is 9.47. The number of likely N-dealkylation sites (tertiary alicyclic amines) is 1. The lowest BCUT2D eigenvalue weighted by atomic mass is 9.95. The van der Waals surface area contributed by atoms with Crippen molar-refractivity contribution >= 4 is 5.91 Å². The molecule has 142 valence electrons. The van der Waals surface area contributed by atoms with Crippen molar-refractivity contribution in [3.63, 3.8) is 0 Å². The summed E-state index contributed by atoms with van der Waals surface area (Å²) in [5, 5.41) is 20.7. The smallest absolute Gasteiger partial charge is 0.254 e. The van der Waals surface area contributed by atoms with Crippen molar-refractivity contribution in [3.05, 3.63) is 65.7 Å². The Morgan fingerprint density at radius 1 is 1.22 bits per heavy atom. The van der Waals surface area contributed by atoms with E-state index in [4.69, 9.17) is 4.74 Å². The number of hydrogen-bond donors (Lipinski definition) is 2. The van der Waals surface area contributed by atoms with Crippen LogP contribution in [0.25, 0.3) is 0 Å². The number of benzene rings is 2. The zero-order valence-corrected chi connectivity index (χ0v) is 15.4. The molecule has 2 aromatic carbocycles. The molecule has 1 saturated carbocycles. The van der Waals surface area contributed by atoms with Crippen molar-refractivity contribution in [1.82, 2.24) is 4.90 Å². The maximum absolute atomic E-state index is 13.0. The van der Waals surface area contributed by atoms with Gasteiger partial charge in [-0.1, -0.05) is 36.4 Å². The molecule has 1 aliphatic carbocycles. The van der Waals surface area contributed by atoms with E-state index in [-0.39, 0.29) is 30.9 Å². The van der Waals surface area contributed by atoms with Gasteiger partial charge in [-0.25, -0.2) is 0 Å². The van der Waals surface area contributed by atoms with Crippen LogP contribution in [0.15, 0.2) is 54.6 Å². The first-order chi connectivity index (χ1) is 13.1. The Morgan fingerprint density at radius 2 is 2.00 bits per heavy atom. The normalized spacial score (nSPS) is 29.1. The average molecular weight is 367 g/mol. The summed E-state index contributed by atoms with van der Waals surface area (Å²) in [6.45, 7) is 3.20. The zero-order valence-electron chi connectivity index (χ0n) is 15.4. The Bertz CT molecular complexity index is 824. The number of amides is 1. The molecule has 0 unspecified atom stereocenters. The van der Waals surface area contributed by atoms with Crippen LogP contribution in [0.5, 0.6) is 5.75 Å². The molecule has 5 heteroatoms. The summed E-state index contributed by atoms with van der Waals surface area (Å²) in [7, 11) is 0. The van der Waals surface area contributed by atoms with Crippen LogP contribution in [-0.4, -0.2) is 53.4 Å². The molecule has 4 atom stereocenters. The van der Waals surface area contributed by atoms with Gasteiger partial charge in [-0.3, -0.25) is 4.79 Å². The van der Waals surface area contributed by atoms with Gasteiger partial charge in [0.2, 0.25) is 0 Å². The van der Waals surface area contributed by atoms with E-state index < -0.39 is 11.5 Å². The summed E-state index contributed by atoms with van der Waals surface area (Å²) in [6.07, 6.45) is -0.640. The zero-order chi connectivity index (χ0) is 19.0. The summed E-state index contributed by atoms with van der Waals surface area (Å²) in [6, 6.07) is 17.1. The summed E-state index contributed by atoms with van der Waals surface area (Å²) < 4.78 is 5.49. The monoisotopic (exact) mass is 367 g/mol. The molecule has 2 fully saturated rings. The van der Waals surface area contributed by atoms with Crippen LogP contribution in [0.4, 0.5) is 0 Å². The lowest BCUT2D eigenvalue weighted by Gasteiger charge is -2.17. The van der Waals surface area contributed by atoms with E-state index >= 15 is 0 Å². The molecule has 0 aromatic heterocycles. The van der Waals surface area contributed by atoms with Gasteiger partial charge in [0, 0.05) is 30.7 Å². The standard InChI is InChI=1S/C22H25NO4/c1-2-27-17-10-6-9-16(11-17)21(26)23-12-19(25)22(14-23)18(13-24)20(22)15-7-4-3-5-8-15/h3-11,18-20,24-25H,2,12-14H2,1H3/t18-,19+,20-,22-/m1/s1. The Labute approximate surface area is 159 Å². The molecule has 5 nitrogen and oxygen atoms in total. The number of aliphatic hydroxyl groups is 2. The number of nitrogens with zero attached hydrogens (tertiary/aromatic N) is 1. The first kappa shape index (κ1) is 18.0. The maximum atomic E-state index is 13.0. The third-order valence-corrected chi connectivity index (χ3v) is 6.08. The summed E-state index contributed by atoms with van der Waals surface area (Å²) in [5.41, 5.74) is 1.22. The fourth-order valence-electron chi connectivity index (χ4n) is 4.79. The molecule has 2 aliphatic rings. The predicted molar refractivity (Wildman–Crippen MR) is 102 cm³/mol. The van der Waals surface area contributed by atoms with E-state index in [1.807, 2.05) is 43.3 Å². The molecular formula is C22H25NO4. The van der Waals surface area contributed by atoms with Crippen LogP contribution in [0, 0.1) is 11.3 Å². The largest absolute Gasteiger partial charge is 0.494 e. The minimum Gasteiger partial charge on any atom is -0.494 e. The maximum Gasteiger partial charge on any atom is 0.254 e. The Kier molecular flexibility index (Phi) is 4.66. The number of aliphatic hydroxyl groups excluding tert-OH is 2. The Hall–Kier alpha value is -2.37. The molecule has 1 aliphatic heterocycles. The second-order valence-electron chi connectivity index (χ2n) is 7.45. The van der Waals surface area contributed by atoms with Gasteiger partial charge >= 0.3 is 0 Å². The number of rotatable bonds is 5. The topological polar surface area (TPSA) is 70.0 Å². The highest BCUT2D eigenvalue weighted by atomic mass is 16.5. The fourth-order valence-corrected chi connectivity index (χ4v) is 4.79. The molecule has 4 rings (SSSR count). The summed E-state index contributed by atoms with van der Waals surface area (Å²) >= 11 is 0. The molecule has 2 N–H and O–H groups in total. The molecule has 1 amide bonds. The van der Waals surface area contributed by atoms with Gasteiger partial charge in [-0.2, -0.15) is 0 Å². The minimum absolute atomic E-state index is 0.0124. The van der Waals surface area contributed by atoms with Gasteiger partial charge in [-0.05, 0) is 42.5 Å². The first-order valence-electron chi connectivity index (χ1n) is 9.47. The predicted octanol–water partition coefficient (Wildman–Crippen LogP) is 2.29. The molecule has 0 bridgehead atoms. The van der Waals surface area contributed by atoms with Crippen LogP contribution in [-0.2, 0) is 0 Å². The average Bonchev–Trinajstić information content (AvgIpc) is 3.23. The van der Waals surface area contributed by atoms with Crippen molar-refractivity contribution < 1.29 is 19.7 Å². The summed E-state index contributed by atoms with van der Waals surface area (Å²) in [5.74, 6) is 0.608. The van der Waals surface area contributed by atoms with Gasteiger partial charge in [0.25, 0.3) is 5.91 Å². The second-order valence-corrected chi connectivity index (χ2v) is 7.45. The van der Waals surface area contributed by atoms with E-state index in [9.17, 15) is 15.0 Å². The van der Waals surface area contributed by atoms with Crippen molar-refractivity contribution in [1.29, 1.82) is 0 Å². The lowest BCUT2D eigenvalue weighted by Crippen LogP contribution is -2.29. The van der Waals surface area contributed by atoms with Crippen LogP contribution in [0.1, 0.15) is 28.8 Å². The molecule has 1 spiro atoms. The van der Waals surface area contributed by atoms with Crippen LogP contribution in [0.2, 0.25) is 0 Å². The molecule has 27 heavy (non-hydrogen) atoms. The number of ether oxygens (including phenoxy) is 1. The quantitative estimate of drug-likeness (QED) is 0.851. The highest BCUT2D eigenvalue weighted by Crippen LogP contribution is 2.68. The lowest BCUT2D eigenvalue weighted by molar-refractivity contribution is 0.0763. The van der Waals surface area contributed by atoms with E-state index in [1.54, 1.807) is 23.1 Å². The van der Waals surface area contributed by atoms with E-state index in [0.29, 0.717) is 24.5 Å². The third kappa shape index (κ3) is 2.91. The minimum atomic E-state index is -0.640. The van der Waals surface area contributed by atoms with Gasteiger partial charge < -0.3 is 19.8 Å². The number of β-amino-alcohol motifs (C(OH)–C–C–N with tert-alkyl or cyclic N) is 1. The fraction of sp³-hybridized carbons (Fsp3) is 0.409. The molecule has 1 saturated heterocycles. The van der Waals surface area contributed by atoms with Gasteiger partial charge in [0.1, 0.15) is 5.75 Å². The van der Waals surface area contributed by atoms with E-state index in [2.05, 4.69) is 0 Å². The van der Waals surface area contributed by atoms with Crippen molar-refractivity contribution in [3.8, 4) is 5.75 Å². The van der Waals surface area contributed by atoms with Crippen molar-refractivity contribution in [2.45, 2.75) is 18.9 Å². The Morgan fingerprint density at radius 3 is 2.70 bits per heavy atom. The van der Waals surface area contributed by atoms with Crippen LogP contribution >= 0.6 is 0 Å². The third-order valence-electron chi connectivity index (χ3n) is 6.08. The number of carbonyl (C=O) groups excluding carboxylic acids is 1. The second kappa shape index (κ2) is 6.98. The van der Waals surface area contributed by atoms with E-state index in [0.717, 1.165) is 5.56 Å². The Balaban J connectivity index is 1.56. The van der Waals surface area contributed by atoms with Crippen LogP contribution < -0.4 is 4.74 Å². The number of hydrogen-bond acceptors (Lipinski definition) is 4. The molecule has 2 aromatic rings. The van der Waals surface area contributed by atoms with Crippen LogP contribution in [0.3, 0.4) is 0 Å². The highest BCUT2D eigenvalue weighted by molar-refractivity contribution is 5.95. The van der Waals surface area contributed by atoms with Gasteiger partial charge in [0.05, 0.1) is 12.7 Å². The van der Waals surface area contributed by atoms with Crippen molar-refractivity contribution in [2.24, 2.45) is 11.3 Å². The van der Waals surface area contributed by atoms with E-state index in [1.165, 1.54) is 0 Å². The van der Waals surface area contributed by atoms with Gasteiger partial charge in [-0.15, -0.1) is 0 Å². The highest BCUT2D eigenvalue weighted by Gasteiger charge is 2.71. The number of carbonyl (C=O) groups is 1. The van der Waals surface area contributed by atoms with Gasteiger partial charge in [0.15, 0.2) is 0 Å². The molecule has 1 heterocycles. The molecule has 0 radical (unpaired) electrons. The van der Waals surface area contributed by atoms with Crippen molar-refractivity contribution in [2.75, 3.05) is 26.3 Å².